The van der Waals surface area contributed by atoms with Crippen molar-refractivity contribution < 1.29 is 4.74 Å². The van der Waals surface area contributed by atoms with Crippen LogP contribution >= 0.6 is 0 Å². The van der Waals surface area contributed by atoms with E-state index in [1.165, 1.54) is 6.33 Å². The van der Waals surface area contributed by atoms with Crippen LogP contribution < -0.4 is 10.5 Å². The maximum atomic E-state index is 5.61. The number of nitrogen functional groups attached to an aromatic ring is 1. The normalized spacial score (nSPS) is 11.4. The maximum Gasteiger partial charge on any atom is 0.222 e. The van der Waals surface area contributed by atoms with Crippen LogP contribution in [0.1, 0.15) is 26.3 Å². The first-order chi connectivity index (χ1) is 5.90. The fourth-order valence-corrected chi connectivity index (χ4v) is 0.840. The summed E-state index contributed by atoms with van der Waals surface area (Å²) in [5.74, 6) is 1.02. The standard InChI is InChI=1S/C9H15N3O/c1-6-7(10)11-5-12-8(6)13-9(2,3)4/h5H,1-4H3,(H2,10,11,12). The molecule has 0 amide bonds. The van der Waals surface area contributed by atoms with Gasteiger partial charge in [-0.05, 0) is 27.7 Å². The highest BCUT2D eigenvalue weighted by molar-refractivity contribution is 5.43. The van der Waals surface area contributed by atoms with E-state index in [9.17, 15) is 0 Å². The molecule has 0 aliphatic rings. The molecular weight excluding hydrogens is 166 g/mol. The second-order valence-electron chi connectivity index (χ2n) is 3.90. The van der Waals surface area contributed by atoms with Crippen molar-refractivity contribution in [3.8, 4) is 5.88 Å². The van der Waals surface area contributed by atoms with Crippen molar-refractivity contribution in [1.29, 1.82) is 0 Å². The van der Waals surface area contributed by atoms with Gasteiger partial charge in [-0.15, -0.1) is 0 Å². The summed E-state index contributed by atoms with van der Waals surface area (Å²) in [7, 11) is 0. The van der Waals surface area contributed by atoms with E-state index in [0.29, 0.717) is 11.7 Å². The largest absolute Gasteiger partial charge is 0.472 e. The van der Waals surface area contributed by atoms with Gasteiger partial charge in [0.2, 0.25) is 5.88 Å². The van der Waals surface area contributed by atoms with Gasteiger partial charge in [0.15, 0.2) is 0 Å². The van der Waals surface area contributed by atoms with E-state index in [1.807, 2.05) is 27.7 Å². The van der Waals surface area contributed by atoms with Crippen molar-refractivity contribution in [2.24, 2.45) is 0 Å². The summed E-state index contributed by atoms with van der Waals surface area (Å²) in [6.45, 7) is 7.73. The quantitative estimate of drug-likeness (QED) is 0.714. The summed E-state index contributed by atoms with van der Waals surface area (Å²) >= 11 is 0. The van der Waals surface area contributed by atoms with E-state index in [1.54, 1.807) is 0 Å². The van der Waals surface area contributed by atoms with Crippen molar-refractivity contribution >= 4 is 5.82 Å². The summed E-state index contributed by atoms with van der Waals surface area (Å²) in [5, 5.41) is 0. The Morgan fingerprint density at radius 1 is 1.31 bits per heavy atom. The molecule has 0 radical (unpaired) electrons. The molecule has 0 aliphatic heterocycles. The lowest BCUT2D eigenvalue weighted by molar-refractivity contribution is 0.123. The lowest BCUT2D eigenvalue weighted by atomic mass is 10.2. The lowest BCUT2D eigenvalue weighted by Gasteiger charge is -2.21. The van der Waals surface area contributed by atoms with Crippen LogP contribution in [0.5, 0.6) is 5.88 Å². The van der Waals surface area contributed by atoms with Gasteiger partial charge in [-0.25, -0.2) is 9.97 Å². The number of hydrogen-bond donors (Lipinski definition) is 1. The predicted molar refractivity (Wildman–Crippen MR) is 51.6 cm³/mol. The Morgan fingerprint density at radius 3 is 2.46 bits per heavy atom. The monoisotopic (exact) mass is 181 g/mol. The SMILES string of the molecule is Cc1c(N)ncnc1OC(C)(C)C. The molecule has 1 heterocycles. The average molecular weight is 181 g/mol. The van der Waals surface area contributed by atoms with E-state index in [0.717, 1.165) is 5.56 Å². The molecule has 2 N–H and O–H groups in total. The van der Waals surface area contributed by atoms with Crippen molar-refractivity contribution in [2.75, 3.05) is 5.73 Å². The predicted octanol–water partition coefficient (Wildman–Crippen LogP) is 1.54. The van der Waals surface area contributed by atoms with Crippen molar-refractivity contribution in [3.05, 3.63) is 11.9 Å². The van der Waals surface area contributed by atoms with Gasteiger partial charge in [-0.3, -0.25) is 0 Å². The number of nitrogens with two attached hydrogens (primary N) is 1. The summed E-state index contributed by atoms with van der Waals surface area (Å²) in [4.78, 5) is 7.87. The van der Waals surface area contributed by atoms with Gasteiger partial charge in [0.1, 0.15) is 17.7 Å². The van der Waals surface area contributed by atoms with Crippen LogP contribution in [0.15, 0.2) is 6.33 Å². The van der Waals surface area contributed by atoms with Gasteiger partial charge in [0.05, 0.1) is 5.56 Å². The first kappa shape index (κ1) is 9.77. The Balaban J connectivity index is 2.96. The molecule has 0 fully saturated rings. The van der Waals surface area contributed by atoms with Gasteiger partial charge >= 0.3 is 0 Å². The zero-order valence-electron chi connectivity index (χ0n) is 8.46. The zero-order valence-corrected chi connectivity index (χ0v) is 8.46. The molecule has 0 atom stereocenters. The highest BCUT2D eigenvalue weighted by atomic mass is 16.5. The van der Waals surface area contributed by atoms with Gasteiger partial charge < -0.3 is 10.5 Å². The van der Waals surface area contributed by atoms with Crippen LogP contribution in [0.3, 0.4) is 0 Å². The Bertz CT molecular complexity index is 304. The number of rotatable bonds is 1. The van der Waals surface area contributed by atoms with E-state index in [4.69, 9.17) is 10.5 Å². The Hall–Kier alpha value is -1.32. The van der Waals surface area contributed by atoms with E-state index < -0.39 is 0 Å². The summed E-state index contributed by atoms with van der Waals surface area (Å²) < 4.78 is 5.58. The number of anilines is 1. The first-order valence-electron chi connectivity index (χ1n) is 4.16. The van der Waals surface area contributed by atoms with Crippen LogP contribution in [-0.2, 0) is 0 Å². The molecule has 1 aromatic heterocycles. The van der Waals surface area contributed by atoms with Crippen LogP contribution in [0.2, 0.25) is 0 Å². The smallest absolute Gasteiger partial charge is 0.222 e. The highest BCUT2D eigenvalue weighted by Crippen LogP contribution is 2.21. The molecule has 0 spiro atoms. The number of hydrogen-bond acceptors (Lipinski definition) is 4. The summed E-state index contributed by atoms with van der Waals surface area (Å²) in [6.07, 6.45) is 1.41. The Labute approximate surface area is 78.1 Å². The van der Waals surface area contributed by atoms with Crippen LogP contribution in [0.4, 0.5) is 5.82 Å². The topological polar surface area (TPSA) is 61.0 Å². The molecule has 0 aromatic carbocycles. The van der Waals surface area contributed by atoms with E-state index >= 15 is 0 Å². The Kier molecular flexibility index (Phi) is 2.40. The van der Waals surface area contributed by atoms with Gasteiger partial charge in [-0.2, -0.15) is 0 Å². The molecule has 0 unspecified atom stereocenters. The molecule has 0 saturated carbocycles. The van der Waals surface area contributed by atoms with Crippen molar-refractivity contribution in [3.63, 3.8) is 0 Å². The molecule has 72 valence electrons. The Morgan fingerprint density at radius 2 is 1.92 bits per heavy atom. The minimum atomic E-state index is -0.258. The van der Waals surface area contributed by atoms with Gasteiger partial charge in [0, 0.05) is 0 Å². The summed E-state index contributed by atoms with van der Waals surface area (Å²) in [6, 6.07) is 0. The van der Waals surface area contributed by atoms with E-state index in [2.05, 4.69) is 9.97 Å². The minimum absolute atomic E-state index is 0.258. The molecule has 0 bridgehead atoms. The van der Waals surface area contributed by atoms with Crippen LogP contribution in [0, 0.1) is 6.92 Å². The fourth-order valence-electron chi connectivity index (χ4n) is 0.840. The van der Waals surface area contributed by atoms with Crippen molar-refractivity contribution in [2.45, 2.75) is 33.3 Å². The minimum Gasteiger partial charge on any atom is -0.472 e. The maximum absolute atomic E-state index is 5.61. The van der Waals surface area contributed by atoms with Crippen LogP contribution in [-0.4, -0.2) is 15.6 Å². The molecule has 4 heteroatoms. The molecule has 4 nitrogen and oxygen atoms in total. The second-order valence-corrected chi connectivity index (χ2v) is 3.90. The first-order valence-corrected chi connectivity index (χ1v) is 4.16. The average Bonchev–Trinajstić information content (AvgIpc) is 1.96. The molecular formula is C9H15N3O. The molecule has 1 aromatic rings. The van der Waals surface area contributed by atoms with Crippen molar-refractivity contribution in [1.82, 2.24) is 9.97 Å². The number of nitrogens with zero attached hydrogens (tertiary/aromatic N) is 2. The van der Waals surface area contributed by atoms with E-state index in [-0.39, 0.29) is 5.60 Å². The molecule has 0 aliphatic carbocycles. The molecule has 13 heavy (non-hydrogen) atoms. The third kappa shape index (κ3) is 2.57. The number of aromatic nitrogens is 2. The molecule has 1 rings (SSSR count). The summed E-state index contributed by atoms with van der Waals surface area (Å²) in [5.41, 5.74) is 6.14. The number of ether oxygens (including phenoxy) is 1. The highest BCUT2D eigenvalue weighted by Gasteiger charge is 2.15. The third-order valence-corrected chi connectivity index (χ3v) is 1.48. The van der Waals surface area contributed by atoms with Crippen LogP contribution in [0.25, 0.3) is 0 Å². The fraction of sp³-hybridized carbons (Fsp3) is 0.556. The third-order valence-electron chi connectivity index (χ3n) is 1.48. The second kappa shape index (κ2) is 3.20. The van der Waals surface area contributed by atoms with Gasteiger partial charge in [-0.1, -0.05) is 0 Å². The lowest BCUT2D eigenvalue weighted by Crippen LogP contribution is -2.24. The zero-order chi connectivity index (χ0) is 10.1. The van der Waals surface area contributed by atoms with Gasteiger partial charge in [0.25, 0.3) is 0 Å². The molecule has 0 saturated heterocycles.